The van der Waals surface area contributed by atoms with Crippen LogP contribution in [0.4, 0.5) is 0 Å². The quantitative estimate of drug-likeness (QED) is 0.856. The standard InChI is InChI=1S/C17H16O4/c1-20-13-9-7-12(8-10-13)15(11-17(18)19)14-5-3-4-6-16(14)21-2/h3-11H,1-2H3,(H,18,19)/b15-11-. The second-order valence-corrected chi connectivity index (χ2v) is 4.33. The molecule has 0 saturated heterocycles. The van der Waals surface area contributed by atoms with Gasteiger partial charge in [-0.2, -0.15) is 0 Å². The highest BCUT2D eigenvalue weighted by Gasteiger charge is 2.12. The number of hydrogen-bond acceptors (Lipinski definition) is 3. The lowest BCUT2D eigenvalue weighted by atomic mass is 9.96. The molecule has 0 aliphatic rings. The third-order valence-electron chi connectivity index (χ3n) is 3.07. The van der Waals surface area contributed by atoms with Gasteiger partial charge in [0.1, 0.15) is 11.5 Å². The Morgan fingerprint density at radius 3 is 2.24 bits per heavy atom. The molecular weight excluding hydrogens is 268 g/mol. The van der Waals surface area contributed by atoms with E-state index in [0.717, 1.165) is 11.1 Å². The van der Waals surface area contributed by atoms with E-state index in [2.05, 4.69) is 0 Å². The van der Waals surface area contributed by atoms with Gasteiger partial charge in [0.25, 0.3) is 0 Å². The average molecular weight is 284 g/mol. The van der Waals surface area contributed by atoms with Crippen LogP contribution >= 0.6 is 0 Å². The first kappa shape index (κ1) is 14.7. The Labute approximate surface area is 123 Å². The van der Waals surface area contributed by atoms with E-state index in [4.69, 9.17) is 14.6 Å². The molecule has 2 aromatic carbocycles. The minimum Gasteiger partial charge on any atom is -0.497 e. The van der Waals surface area contributed by atoms with Gasteiger partial charge in [0, 0.05) is 11.6 Å². The van der Waals surface area contributed by atoms with Gasteiger partial charge in [0.05, 0.1) is 14.2 Å². The largest absolute Gasteiger partial charge is 0.497 e. The number of carbonyl (C=O) groups is 1. The summed E-state index contributed by atoms with van der Waals surface area (Å²) in [5.41, 5.74) is 2.10. The highest BCUT2D eigenvalue weighted by molar-refractivity contribution is 5.96. The molecule has 0 radical (unpaired) electrons. The van der Waals surface area contributed by atoms with Gasteiger partial charge in [-0.15, -0.1) is 0 Å². The van der Waals surface area contributed by atoms with Crippen molar-refractivity contribution in [2.24, 2.45) is 0 Å². The summed E-state index contributed by atoms with van der Waals surface area (Å²) >= 11 is 0. The summed E-state index contributed by atoms with van der Waals surface area (Å²) in [5.74, 6) is 0.334. The number of carboxylic acid groups (broad SMARTS) is 1. The molecule has 2 aromatic rings. The van der Waals surface area contributed by atoms with E-state index in [0.29, 0.717) is 17.1 Å². The lowest BCUT2D eigenvalue weighted by Gasteiger charge is -2.12. The molecular formula is C17H16O4. The molecule has 0 aliphatic carbocycles. The van der Waals surface area contributed by atoms with Gasteiger partial charge in [-0.1, -0.05) is 30.3 Å². The number of benzene rings is 2. The predicted octanol–water partition coefficient (Wildman–Crippen LogP) is 3.22. The van der Waals surface area contributed by atoms with Crippen molar-refractivity contribution in [2.45, 2.75) is 0 Å². The maximum atomic E-state index is 11.1. The van der Waals surface area contributed by atoms with E-state index in [1.165, 1.54) is 6.08 Å². The molecule has 0 aliphatic heterocycles. The van der Waals surface area contributed by atoms with Crippen LogP contribution in [0.15, 0.2) is 54.6 Å². The van der Waals surface area contributed by atoms with E-state index < -0.39 is 5.97 Å². The molecule has 2 rings (SSSR count). The van der Waals surface area contributed by atoms with E-state index in [9.17, 15) is 4.79 Å². The van der Waals surface area contributed by atoms with Crippen LogP contribution in [0.3, 0.4) is 0 Å². The minimum atomic E-state index is -1.01. The number of rotatable bonds is 5. The number of para-hydroxylation sites is 1. The topological polar surface area (TPSA) is 55.8 Å². The molecule has 4 heteroatoms. The lowest BCUT2D eigenvalue weighted by Crippen LogP contribution is -1.97. The monoisotopic (exact) mass is 284 g/mol. The van der Waals surface area contributed by atoms with Crippen molar-refractivity contribution in [3.63, 3.8) is 0 Å². The second-order valence-electron chi connectivity index (χ2n) is 4.33. The van der Waals surface area contributed by atoms with Gasteiger partial charge in [-0.3, -0.25) is 0 Å². The predicted molar refractivity (Wildman–Crippen MR) is 80.7 cm³/mol. The highest BCUT2D eigenvalue weighted by atomic mass is 16.5. The van der Waals surface area contributed by atoms with Gasteiger partial charge in [-0.25, -0.2) is 4.79 Å². The van der Waals surface area contributed by atoms with Gasteiger partial charge >= 0.3 is 5.97 Å². The molecule has 21 heavy (non-hydrogen) atoms. The molecule has 0 unspecified atom stereocenters. The molecule has 1 N–H and O–H groups in total. The third kappa shape index (κ3) is 3.42. The summed E-state index contributed by atoms with van der Waals surface area (Å²) in [6.45, 7) is 0. The summed E-state index contributed by atoms with van der Waals surface area (Å²) in [6.07, 6.45) is 1.18. The van der Waals surface area contributed by atoms with E-state index in [-0.39, 0.29) is 0 Å². The molecule has 0 saturated carbocycles. The fourth-order valence-electron chi connectivity index (χ4n) is 2.08. The van der Waals surface area contributed by atoms with Crippen LogP contribution in [0.25, 0.3) is 5.57 Å². The molecule has 0 fully saturated rings. The number of hydrogen-bond donors (Lipinski definition) is 1. The highest BCUT2D eigenvalue weighted by Crippen LogP contribution is 2.31. The van der Waals surface area contributed by atoms with Crippen LogP contribution in [-0.2, 0) is 4.79 Å². The van der Waals surface area contributed by atoms with Crippen molar-refractivity contribution in [3.05, 3.63) is 65.7 Å². The van der Waals surface area contributed by atoms with Crippen molar-refractivity contribution < 1.29 is 19.4 Å². The molecule has 0 atom stereocenters. The summed E-state index contributed by atoms with van der Waals surface area (Å²) in [5, 5.41) is 9.13. The zero-order chi connectivity index (χ0) is 15.2. The molecule has 0 aromatic heterocycles. The Hall–Kier alpha value is -2.75. The van der Waals surface area contributed by atoms with Crippen LogP contribution in [0.1, 0.15) is 11.1 Å². The van der Waals surface area contributed by atoms with Crippen LogP contribution in [0.2, 0.25) is 0 Å². The lowest BCUT2D eigenvalue weighted by molar-refractivity contribution is -0.131. The van der Waals surface area contributed by atoms with Crippen molar-refractivity contribution in [1.29, 1.82) is 0 Å². The Morgan fingerprint density at radius 1 is 1.00 bits per heavy atom. The van der Waals surface area contributed by atoms with Crippen molar-refractivity contribution in [3.8, 4) is 11.5 Å². The number of aliphatic carboxylic acids is 1. The molecule has 0 spiro atoms. The first-order valence-corrected chi connectivity index (χ1v) is 6.38. The normalized spacial score (nSPS) is 11.0. The zero-order valence-corrected chi connectivity index (χ0v) is 11.9. The van der Waals surface area contributed by atoms with E-state index >= 15 is 0 Å². The minimum absolute atomic E-state index is 0.586. The molecule has 4 nitrogen and oxygen atoms in total. The fraction of sp³-hybridized carbons (Fsp3) is 0.118. The number of methoxy groups -OCH3 is 2. The third-order valence-corrected chi connectivity index (χ3v) is 3.07. The maximum absolute atomic E-state index is 11.1. The summed E-state index contributed by atoms with van der Waals surface area (Å²) < 4.78 is 10.4. The van der Waals surface area contributed by atoms with E-state index in [1.54, 1.807) is 32.4 Å². The van der Waals surface area contributed by atoms with Crippen LogP contribution in [0.5, 0.6) is 11.5 Å². The first-order chi connectivity index (χ1) is 10.2. The smallest absolute Gasteiger partial charge is 0.328 e. The maximum Gasteiger partial charge on any atom is 0.328 e. The summed E-state index contributed by atoms with van der Waals surface area (Å²) in [6, 6.07) is 14.5. The van der Waals surface area contributed by atoms with Crippen molar-refractivity contribution in [2.75, 3.05) is 14.2 Å². The first-order valence-electron chi connectivity index (χ1n) is 6.38. The Bertz CT molecular complexity index is 657. The van der Waals surface area contributed by atoms with Crippen LogP contribution in [-0.4, -0.2) is 25.3 Å². The summed E-state index contributed by atoms with van der Waals surface area (Å²) in [4.78, 5) is 11.1. The molecule has 0 bridgehead atoms. The Kier molecular flexibility index (Phi) is 4.61. The fourth-order valence-corrected chi connectivity index (χ4v) is 2.08. The summed E-state index contributed by atoms with van der Waals surface area (Å²) in [7, 11) is 3.15. The second kappa shape index (κ2) is 6.61. The van der Waals surface area contributed by atoms with Crippen LogP contribution < -0.4 is 9.47 Å². The van der Waals surface area contributed by atoms with Gasteiger partial charge in [-0.05, 0) is 29.3 Å². The molecule has 108 valence electrons. The van der Waals surface area contributed by atoms with Crippen molar-refractivity contribution >= 4 is 11.5 Å². The Morgan fingerprint density at radius 2 is 1.67 bits per heavy atom. The zero-order valence-electron chi connectivity index (χ0n) is 11.9. The number of ether oxygens (including phenoxy) is 2. The molecule has 0 heterocycles. The van der Waals surface area contributed by atoms with Gasteiger partial charge < -0.3 is 14.6 Å². The van der Waals surface area contributed by atoms with Gasteiger partial charge in [0.2, 0.25) is 0 Å². The van der Waals surface area contributed by atoms with E-state index in [1.807, 2.05) is 30.3 Å². The Balaban J connectivity index is 2.55. The SMILES string of the molecule is COc1ccc(/C(=C/C(=O)O)c2ccccc2OC)cc1. The average Bonchev–Trinajstić information content (AvgIpc) is 2.52. The van der Waals surface area contributed by atoms with Crippen molar-refractivity contribution in [1.82, 2.24) is 0 Å². The molecule has 0 amide bonds. The van der Waals surface area contributed by atoms with Gasteiger partial charge in [0.15, 0.2) is 0 Å². The number of carboxylic acids is 1. The van der Waals surface area contributed by atoms with Crippen LogP contribution in [0, 0.1) is 0 Å².